The average Bonchev–Trinajstić information content (AvgIpc) is 2.65. The molecule has 1 aromatic carbocycles. The van der Waals surface area contributed by atoms with E-state index in [0.717, 1.165) is 24.8 Å². The Morgan fingerprint density at radius 3 is 2.83 bits per heavy atom. The molecule has 0 spiro atoms. The lowest BCUT2D eigenvalue weighted by Crippen LogP contribution is -2.23. The van der Waals surface area contributed by atoms with Gasteiger partial charge in [-0.2, -0.15) is 0 Å². The summed E-state index contributed by atoms with van der Waals surface area (Å²) in [6.07, 6.45) is 3.28. The zero-order valence-electron chi connectivity index (χ0n) is 11.2. The van der Waals surface area contributed by atoms with E-state index in [1.165, 1.54) is 6.07 Å². The van der Waals surface area contributed by atoms with Gasteiger partial charge in [-0.15, -0.1) is 0 Å². The molecule has 0 aromatic heterocycles. The summed E-state index contributed by atoms with van der Waals surface area (Å²) in [5.41, 5.74) is 6.78. The van der Waals surface area contributed by atoms with Crippen LogP contribution < -0.4 is 5.73 Å². The van der Waals surface area contributed by atoms with E-state index >= 15 is 0 Å². The summed E-state index contributed by atoms with van der Waals surface area (Å²) in [6.45, 7) is 4.77. The first kappa shape index (κ1) is 13.5. The number of hydrogen-bond acceptors (Lipinski definition) is 2. The quantitative estimate of drug-likeness (QED) is 0.891. The Labute approximate surface area is 108 Å². The molecule has 1 heterocycles. The second-order valence-corrected chi connectivity index (χ2v) is 5.76. The van der Waals surface area contributed by atoms with Crippen molar-refractivity contribution in [3.05, 3.63) is 35.6 Å². The lowest BCUT2D eigenvalue weighted by atomic mass is 9.92. The predicted octanol–water partition coefficient (Wildman–Crippen LogP) is 3.22. The number of hydrogen-bond donors (Lipinski definition) is 1. The van der Waals surface area contributed by atoms with Gasteiger partial charge in [0.25, 0.3) is 0 Å². The van der Waals surface area contributed by atoms with Crippen molar-refractivity contribution in [1.82, 2.24) is 0 Å². The third-order valence-corrected chi connectivity index (χ3v) is 3.71. The first-order chi connectivity index (χ1) is 8.50. The van der Waals surface area contributed by atoms with E-state index in [4.69, 9.17) is 10.5 Å². The van der Waals surface area contributed by atoms with Crippen LogP contribution >= 0.6 is 0 Å². The number of halogens is 1. The lowest BCUT2D eigenvalue weighted by molar-refractivity contribution is -0.0206. The number of nitrogens with two attached hydrogens (primary N) is 1. The molecule has 3 heteroatoms. The molecule has 2 unspecified atom stereocenters. The zero-order valence-corrected chi connectivity index (χ0v) is 11.2. The van der Waals surface area contributed by atoms with Gasteiger partial charge in [0.05, 0.1) is 11.7 Å². The van der Waals surface area contributed by atoms with Gasteiger partial charge < -0.3 is 10.5 Å². The average molecular weight is 251 g/mol. The van der Waals surface area contributed by atoms with Crippen LogP contribution in [0.1, 0.15) is 44.6 Å². The molecule has 1 saturated heterocycles. The van der Waals surface area contributed by atoms with E-state index in [9.17, 15) is 4.39 Å². The summed E-state index contributed by atoms with van der Waals surface area (Å²) in [7, 11) is 0. The minimum Gasteiger partial charge on any atom is -0.372 e. The summed E-state index contributed by atoms with van der Waals surface area (Å²) >= 11 is 0. The fourth-order valence-corrected chi connectivity index (χ4v) is 2.69. The van der Waals surface area contributed by atoms with Gasteiger partial charge in [-0.25, -0.2) is 4.39 Å². The minimum atomic E-state index is -0.196. The van der Waals surface area contributed by atoms with E-state index in [0.29, 0.717) is 6.54 Å². The van der Waals surface area contributed by atoms with Crippen molar-refractivity contribution in [2.24, 2.45) is 5.73 Å². The number of rotatable bonds is 4. The fourth-order valence-electron chi connectivity index (χ4n) is 2.69. The molecule has 2 atom stereocenters. The maximum atomic E-state index is 13.2. The van der Waals surface area contributed by atoms with Crippen LogP contribution in [0.15, 0.2) is 24.3 Å². The first-order valence-electron chi connectivity index (χ1n) is 6.63. The topological polar surface area (TPSA) is 35.2 Å². The van der Waals surface area contributed by atoms with Crippen molar-refractivity contribution in [2.45, 2.75) is 50.7 Å². The van der Waals surface area contributed by atoms with Crippen molar-refractivity contribution in [2.75, 3.05) is 6.54 Å². The van der Waals surface area contributed by atoms with E-state index in [1.54, 1.807) is 12.1 Å². The fraction of sp³-hybridized carbons (Fsp3) is 0.600. The molecule has 0 aliphatic carbocycles. The summed E-state index contributed by atoms with van der Waals surface area (Å²) in [5.74, 6) is -0.0155. The van der Waals surface area contributed by atoms with Gasteiger partial charge >= 0.3 is 0 Å². The third-order valence-electron chi connectivity index (χ3n) is 3.71. The summed E-state index contributed by atoms with van der Waals surface area (Å²) in [6, 6.07) is 6.73. The molecule has 1 fully saturated rings. The molecule has 2 rings (SSSR count). The predicted molar refractivity (Wildman–Crippen MR) is 71.0 cm³/mol. The molecule has 0 radical (unpaired) electrons. The molecule has 2 nitrogen and oxygen atoms in total. The smallest absolute Gasteiger partial charge is 0.123 e. The van der Waals surface area contributed by atoms with Crippen molar-refractivity contribution in [3.63, 3.8) is 0 Å². The molecule has 2 N–H and O–H groups in total. The third kappa shape index (κ3) is 3.30. The van der Waals surface area contributed by atoms with Crippen LogP contribution in [-0.2, 0) is 4.74 Å². The van der Waals surface area contributed by atoms with Gasteiger partial charge in [-0.1, -0.05) is 12.1 Å². The van der Waals surface area contributed by atoms with Gasteiger partial charge in [0.2, 0.25) is 0 Å². The monoisotopic (exact) mass is 251 g/mol. The number of ether oxygens (including phenoxy) is 1. The van der Waals surface area contributed by atoms with Crippen LogP contribution in [-0.4, -0.2) is 18.2 Å². The van der Waals surface area contributed by atoms with Crippen molar-refractivity contribution in [3.8, 4) is 0 Å². The highest BCUT2D eigenvalue weighted by molar-refractivity contribution is 5.21. The second kappa shape index (κ2) is 5.37. The Hall–Kier alpha value is -0.930. The Morgan fingerprint density at radius 1 is 1.50 bits per heavy atom. The van der Waals surface area contributed by atoms with E-state index in [1.807, 2.05) is 6.07 Å². The maximum Gasteiger partial charge on any atom is 0.123 e. The molecule has 0 amide bonds. The largest absolute Gasteiger partial charge is 0.372 e. The number of benzene rings is 1. The lowest BCUT2D eigenvalue weighted by Gasteiger charge is -2.23. The molecule has 18 heavy (non-hydrogen) atoms. The Bertz CT molecular complexity index is 405. The van der Waals surface area contributed by atoms with Crippen LogP contribution in [0.2, 0.25) is 0 Å². The van der Waals surface area contributed by atoms with E-state index in [-0.39, 0.29) is 23.4 Å². The molecule has 100 valence electrons. The Kier molecular flexibility index (Phi) is 4.03. The Balaban J connectivity index is 2.02. The van der Waals surface area contributed by atoms with Crippen molar-refractivity contribution >= 4 is 0 Å². The SMILES string of the molecule is CC1(C)CCC(CC(CN)c2cccc(F)c2)O1. The highest BCUT2D eigenvalue weighted by Crippen LogP contribution is 2.34. The highest BCUT2D eigenvalue weighted by atomic mass is 19.1. The van der Waals surface area contributed by atoms with E-state index < -0.39 is 0 Å². The molecule has 1 aliphatic rings. The van der Waals surface area contributed by atoms with Crippen LogP contribution in [0.3, 0.4) is 0 Å². The molecule has 0 bridgehead atoms. The minimum absolute atomic E-state index is 0.0221. The standard InChI is InChI=1S/C15H22FNO/c1-15(2)7-6-14(18-15)9-12(10-17)11-4-3-5-13(16)8-11/h3-5,8,12,14H,6-7,9-10,17H2,1-2H3. The molecule has 1 aromatic rings. The van der Waals surface area contributed by atoms with Gasteiger partial charge in [-0.05, 0) is 63.3 Å². The van der Waals surface area contributed by atoms with Crippen LogP contribution in [0.5, 0.6) is 0 Å². The molecule has 1 aliphatic heterocycles. The Morgan fingerprint density at radius 2 is 2.28 bits per heavy atom. The van der Waals surface area contributed by atoms with E-state index in [2.05, 4.69) is 13.8 Å². The summed E-state index contributed by atoms with van der Waals surface area (Å²) in [5, 5.41) is 0. The normalized spacial score (nSPS) is 24.1. The van der Waals surface area contributed by atoms with Gasteiger partial charge in [0.1, 0.15) is 5.82 Å². The maximum absolute atomic E-state index is 13.2. The van der Waals surface area contributed by atoms with Crippen LogP contribution in [0, 0.1) is 5.82 Å². The van der Waals surface area contributed by atoms with Crippen molar-refractivity contribution < 1.29 is 9.13 Å². The van der Waals surface area contributed by atoms with Crippen LogP contribution in [0.4, 0.5) is 4.39 Å². The van der Waals surface area contributed by atoms with Crippen molar-refractivity contribution in [1.29, 1.82) is 0 Å². The molecule has 0 saturated carbocycles. The zero-order chi connectivity index (χ0) is 13.2. The van der Waals surface area contributed by atoms with Crippen LogP contribution in [0.25, 0.3) is 0 Å². The van der Waals surface area contributed by atoms with Gasteiger partial charge in [0, 0.05) is 0 Å². The first-order valence-corrected chi connectivity index (χ1v) is 6.63. The second-order valence-electron chi connectivity index (χ2n) is 5.76. The molecular formula is C15H22FNO. The summed E-state index contributed by atoms with van der Waals surface area (Å²) in [4.78, 5) is 0. The van der Waals surface area contributed by atoms with Gasteiger partial charge in [-0.3, -0.25) is 0 Å². The molecular weight excluding hydrogens is 229 g/mol. The summed E-state index contributed by atoms with van der Waals surface area (Å²) < 4.78 is 19.2. The highest BCUT2D eigenvalue weighted by Gasteiger charge is 2.32. The van der Waals surface area contributed by atoms with Gasteiger partial charge in [0.15, 0.2) is 0 Å².